The summed E-state index contributed by atoms with van der Waals surface area (Å²) >= 11 is 0. The molecule has 2 heteroatoms. The summed E-state index contributed by atoms with van der Waals surface area (Å²) in [4.78, 5) is 11.8. The van der Waals surface area contributed by atoms with Gasteiger partial charge in [0.05, 0.1) is 6.61 Å². The Bertz CT molecular complexity index is 402. The first-order chi connectivity index (χ1) is 16.3. The molecule has 0 saturated carbocycles. The second-order valence-corrected chi connectivity index (χ2v) is 10.1. The molecule has 0 aliphatic heterocycles. The van der Waals surface area contributed by atoms with Gasteiger partial charge in [0.1, 0.15) is 0 Å². The van der Waals surface area contributed by atoms with Crippen LogP contribution in [0.4, 0.5) is 0 Å². The van der Waals surface area contributed by atoms with Crippen LogP contribution in [0.3, 0.4) is 0 Å². The van der Waals surface area contributed by atoms with Gasteiger partial charge < -0.3 is 4.74 Å². The molecule has 196 valence electrons. The molecular weight excluding hydrogens is 404 g/mol. The monoisotopic (exact) mass is 464 g/mol. The quantitative estimate of drug-likeness (QED) is 0.0686. The Morgan fingerprint density at radius 3 is 1.39 bits per heavy atom. The molecular formula is C31H60O2. The van der Waals surface area contributed by atoms with Gasteiger partial charge in [0, 0.05) is 6.42 Å². The third-order valence-electron chi connectivity index (χ3n) is 6.65. The highest BCUT2D eigenvalue weighted by Crippen LogP contribution is 2.13. The maximum atomic E-state index is 11.8. The molecule has 0 aliphatic rings. The fourth-order valence-electron chi connectivity index (χ4n) is 4.35. The van der Waals surface area contributed by atoms with Crippen molar-refractivity contribution in [3.63, 3.8) is 0 Å². The molecule has 0 aromatic carbocycles. The van der Waals surface area contributed by atoms with Crippen molar-refractivity contribution >= 4 is 5.97 Å². The third kappa shape index (κ3) is 29.2. The number of rotatable bonds is 27. The van der Waals surface area contributed by atoms with Gasteiger partial charge in [-0.2, -0.15) is 0 Å². The van der Waals surface area contributed by atoms with Gasteiger partial charge in [0.15, 0.2) is 0 Å². The van der Waals surface area contributed by atoms with Crippen molar-refractivity contribution in [2.24, 2.45) is 0 Å². The highest BCUT2D eigenvalue weighted by atomic mass is 16.5. The standard InChI is InChI=1S/C31H60O2/c1-3-5-7-9-11-13-15-16-17-18-20-22-24-26-28-30-33-31(32)29-27-25-23-21-19-14-12-10-8-6-4-2/h10,12H,3-9,11,13-30H2,1-2H3/b12-10+. The molecule has 0 rings (SSSR count). The van der Waals surface area contributed by atoms with Gasteiger partial charge in [-0.15, -0.1) is 0 Å². The normalized spacial score (nSPS) is 11.5. The lowest BCUT2D eigenvalue weighted by Gasteiger charge is -2.05. The number of unbranched alkanes of at least 4 members (excludes halogenated alkanes) is 21. The van der Waals surface area contributed by atoms with E-state index in [1.807, 2.05) is 0 Å². The Morgan fingerprint density at radius 1 is 0.485 bits per heavy atom. The molecule has 0 amide bonds. The molecule has 33 heavy (non-hydrogen) atoms. The summed E-state index contributed by atoms with van der Waals surface area (Å²) in [5, 5.41) is 0. The van der Waals surface area contributed by atoms with Crippen molar-refractivity contribution in [2.45, 2.75) is 174 Å². The molecule has 0 bridgehead atoms. The van der Waals surface area contributed by atoms with E-state index in [4.69, 9.17) is 4.74 Å². The number of carbonyl (C=O) groups excluding carboxylic acids is 1. The fourth-order valence-corrected chi connectivity index (χ4v) is 4.35. The molecule has 0 spiro atoms. The Morgan fingerprint density at radius 2 is 0.879 bits per heavy atom. The van der Waals surface area contributed by atoms with Gasteiger partial charge in [-0.05, 0) is 32.1 Å². The summed E-state index contributed by atoms with van der Waals surface area (Å²) in [5.74, 6) is 0.0132. The van der Waals surface area contributed by atoms with Crippen LogP contribution in [0.1, 0.15) is 174 Å². The van der Waals surface area contributed by atoms with E-state index in [1.54, 1.807) is 0 Å². The minimum Gasteiger partial charge on any atom is -0.466 e. The van der Waals surface area contributed by atoms with Gasteiger partial charge in [0.2, 0.25) is 0 Å². The van der Waals surface area contributed by atoms with Gasteiger partial charge in [-0.25, -0.2) is 0 Å². The maximum Gasteiger partial charge on any atom is 0.305 e. The zero-order valence-corrected chi connectivity index (χ0v) is 22.9. The predicted octanol–water partition coefficient (Wildman–Crippen LogP) is 10.9. The lowest BCUT2D eigenvalue weighted by atomic mass is 10.0. The SMILES string of the molecule is CCCC/C=C/CCCCCCCC(=O)OCCCCCCCCCCCCCCCCC. The predicted molar refractivity (Wildman–Crippen MR) is 147 cm³/mol. The van der Waals surface area contributed by atoms with Crippen LogP contribution in [-0.4, -0.2) is 12.6 Å². The van der Waals surface area contributed by atoms with Crippen LogP contribution in [-0.2, 0) is 9.53 Å². The lowest BCUT2D eigenvalue weighted by molar-refractivity contribution is -0.143. The van der Waals surface area contributed by atoms with E-state index in [9.17, 15) is 4.79 Å². The maximum absolute atomic E-state index is 11.8. The van der Waals surface area contributed by atoms with Crippen LogP contribution >= 0.6 is 0 Å². The van der Waals surface area contributed by atoms with E-state index in [0.29, 0.717) is 13.0 Å². The minimum absolute atomic E-state index is 0.0132. The molecule has 2 nitrogen and oxygen atoms in total. The average molecular weight is 465 g/mol. The van der Waals surface area contributed by atoms with Crippen molar-refractivity contribution in [3.05, 3.63) is 12.2 Å². The van der Waals surface area contributed by atoms with Gasteiger partial charge in [0.25, 0.3) is 0 Å². The molecule has 0 unspecified atom stereocenters. The summed E-state index contributed by atoms with van der Waals surface area (Å²) in [6.45, 7) is 5.15. The van der Waals surface area contributed by atoms with Gasteiger partial charge in [-0.1, -0.05) is 148 Å². The Kier molecular flexibility index (Phi) is 28.5. The minimum atomic E-state index is 0.0132. The Labute approximate surface area is 208 Å². The van der Waals surface area contributed by atoms with Crippen LogP contribution in [0.25, 0.3) is 0 Å². The van der Waals surface area contributed by atoms with E-state index in [-0.39, 0.29) is 5.97 Å². The number of hydrogen-bond donors (Lipinski definition) is 0. The second kappa shape index (κ2) is 29.2. The number of hydrogen-bond acceptors (Lipinski definition) is 2. The Balaban J connectivity index is 3.16. The van der Waals surface area contributed by atoms with Crippen molar-refractivity contribution in [1.82, 2.24) is 0 Å². The summed E-state index contributed by atoms with van der Waals surface area (Å²) in [7, 11) is 0. The fraction of sp³-hybridized carbons (Fsp3) is 0.903. The summed E-state index contributed by atoms with van der Waals surface area (Å²) < 4.78 is 5.40. The first-order valence-corrected chi connectivity index (χ1v) is 15.1. The van der Waals surface area contributed by atoms with Crippen LogP contribution < -0.4 is 0 Å². The largest absolute Gasteiger partial charge is 0.466 e. The molecule has 0 aromatic rings. The zero-order valence-electron chi connectivity index (χ0n) is 22.9. The van der Waals surface area contributed by atoms with Gasteiger partial charge in [-0.3, -0.25) is 4.79 Å². The van der Waals surface area contributed by atoms with Crippen LogP contribution in [0.2, 0.25) is 0 Å². The van der Waals surface area contributed by atoms with Crippen LogP contribution in [0.15, 0.2) is 12.2 Å². The van der Waals surface area contributed by atoms with E-state index in [1.165, 1.54) is 135 Å². The van der Waals surface area contributed by atoms with Crippen LogP contribution in [0.5, 0.6) is 0 Å². The molecule has 0 aromatic heterocycles. The van der Waals surface area contributed by atoms with Crippen molar-refractivity contribution in [3.8, 4) is 0 Å². The second-order valence-electron chi connectivity index (χ2n) is 10.1. The molecule has 0 atom stereocenters. The number of carbonyl (C=O) groups is 1. The molecule has 0 heterocycles. The van der Waals surface area contributed by atoms with E-state index in [0.717, 1.165) is 19.3 Å². The highest BCUT2D eigenvalue weighted by Gasteiger charge is 2.02. The first-order valence-electron chi connectivity index (χ1n) is 15.1. The molecule has 0 aliphatic carbocycles. The topological polar surface area (TPSA) is 26.3 Å². The summed E-state index contributed by atoms with van der Waals surface area (Å²) in [5.41, 5.74) is 0. The zero-order chi connectivity index (χ0) is 24.1. The van der Waals surface area contributed by atoms with Crippen molar-refractivity contribution in [1.29, 1.82) is 0 Å². The molecule has 0 N–H and O–H groups in total. The number of allylic oxidation sites excluding steroid dienone is 2. The molecule has 0 radical (unpaired) electrons. The number of ether oxygens (including phenoxy) is 1. The van der Waals surface area contributed by atoms with Gasteiger partial charge >= 0.3 is 5.97 Å². The summed E-state index contributed by atoms with van der Waals surface area (Å²) in [6, 6.07) is 0. The number of esters is 1. The van der Waals surface area contributed by atoms with E-state index < -0.39 is 0 Å². The average Bonchev–Trinajstić information content (AvgIpc) is 2.82. The Hall–Kier alpha value is -0.790. The van der Waals surface area contributed by atoms with E-state index >= 15 is 0 Å². The van der Waals surface area contributed by atoms with E-state index in [2.05, 4.69) is 26.0 Å². The lowest BCUT2D eigenvalue weighted by Crippen LogP contribution is -2.05. The third-order valence-corrected chi connectivity index (χ3v) is 6.65. The van der Waals surface area contributed by atoms with Crippen molar-refractivity contribution in [2.75, 3.05) is 6.61 Å². The molecule has 0 fully saturated rings. The summed E-state index contributed by atoms with van der Waals surface area (Å²) in [6.07, 6.45) is 36.8. The van der Waals surface area contributed by atoms with Crippen LogP contribution in [0, 0.1) is 0 Å². The first kappa shape index (κ1) is 32.2. The molecule has 0 saturated heterocycles. The smallest absolute Gasteiger partial charge is 0.305 e. The van der Waals surface area contributed by atoms with Crippen molar-refractivity contribution < 1.29 is 9.53 Å². The highest BCUT2D eigenvalue weighted by molar-refractivity contribution is 5.69.